The predicted octanol–water partition coefficient (Wildman–Crippen LogP) is 2.49. The van der Waals surface area contributed by atoms with E-state index in [1.807, 2.05) is 6.92 Å². The first-order valence-electron chi connectivity index (χ1n) is 12.8. The molecule has 35 heavy (non-hydrogen) atoms. The fourth-order valence-corrected chi connectivity index (χ4v) is 5.07. The molecular formula is C25H41N3O7. The lowest BCUT2D eigenvalue weighted by Crippen LogP contribution is -2.57. The molecule has 3 N–H and O–H groups in total. The van der Waals surface area contributed by atoms with E-state index in [2.05, 4.69) is 17.6 Å². The van der Waals surface area contributed by atoms with E-state index in [1.54, 1.807) is 13.8 Å². The van der Waals surface area contributed by atoms with E-state index in [0.717, 1.165) is 38.5 Å². The summed E-state index contributed by atoms with van der Waals surface area (Å²) in [6.07, 6.45) is 4.87. The molecule has 0 radical (unpaired) electrons. The number of nitrogens with zero attached hydrogens (tertiary/aromatic N) is 1. The first kappa shape index (κ1) is 28.6. The number of aliphatic carboxylic acids is 1. The maximum Gasteiger partial charge on any atom is 0.408 e. The van der Waals surface area contributed by atoms with Gasteiger partial charge in [-0.25, -0.2) is 9.59 Å². The van der Waals surface area contributed by atoms with E-state index in [0.29, 0.717) is 13.0 Å². The van der Waals surface area contributed by atoms with Gasteiger partial charge in [-0.15, -0.1) is 0 Å². The van der Waals surface area contributed by atoms with Crippen LogP contribution in [0.25, 0.3) is 0 Å². The van der Waals surface area contributed by atoms with Crippen molar-refractivity contribution >= 4 is 29.7 Å². The molecule has 0 aromatic carbocycles. The lowest BCUT2D eigenvalue weighted by molar-refractivity contribution is -0.150. The first-order valence-corrected chi connectivity index (χ1v) is 12.8. The van der Waals surface area contributed by atoms with E-state index < -0.39 is 41.9 Å². The van der Waals surface area contributed by atoms with Gasteiger partial charge in [0, 0.05) is 6.54 Å². The number of Topliss-reactive ketones (excluding diaryl/α,β-unsaturated/α-hetero) is 1. The number of carboxylic acids is 1. The van der Waals surface area contributed by atoms with Gasteiger partial charge in [-0.1, -0.05) is 39.5 Å². The molecule has 0 aromatic heterocycles. The van der Waals surface area contributed by atoms with E-state index in [1.165, 1.54) is 11.8 Å². The third-order valence-electron chi connectivity index (χ3n) is 7.33. The molecule has 2 rings (SSSR count). The number of nitrogens with one attached hydrogen (secondary N) is 2. The molecule has 1 saturated heterocycles. The van der Waals surface area contributed by atoms with E-state index in [9.17, 15) is 24.0 Å². The Kier molecular flexibility index (Phi) is 10.5. The molecule has 1 aliphatic heterocycles. The highest BCUT2D eigenvalue weighted by atomic mass is 16.6. The largest absolute Gasteiger partial charge is 0.475 e. The summed E-state index contributed by atoms with van der Waals surface area (Å²) in [4.78, 5) is 63.8. The van der Waals surface area contributed by atoms with Crippen molar-refractivity contribution in [2.75, 3.05) is 6.54 Å². The maximum absolute atomic E-state index is 13.9. The highest BCUT2D eigenvalue weighted by Gasteiger charge is 2.45. The molecule has 1 aliphatic carbocycles. The Labute approximate surface area is 207 Å². The Morgan fingerprint density at radius 3 is 2.14 bits per heavy atom. The fraction of sp³-hybridized carbons (Fsp3) is 0.800. The molecule has 1 saturated carbocycles. The molecule has 10 nitrogen and oxygen atoms in total. The second kappa shape index (κ2) is 12.9. The summed E-state index contributed by atoms with van der Waals surface area (Å²) < 4.78 is 5.24. The summed E-state index contributed by atoms with van der Waals surface area (Å²) in [6, 6.07) is -2.88. The number of likely N-dealkylation sites (tertiary alicyclic amines) is 1. The second-order valence-electron chi connectivity index (χ2n) is 10.3. The molecule has 5 atom stereocenters. The van der Waals surface area contributed by atoms with Crippen molar-refractivity contribution in [1.29, 1.82) is 0 Å². The number of ether oxygens (including phenoxy) is 1. The van der Waals surface area contributed by atoms with Crippen LogP contribution in [0.4, 0.5) is 4.79 Å². The zero-order valence-corrected chi connectivity index (χ0v) is 21.5. The summed E-state index contributed by atoms with van der Waals surface area (Å²) in [7, 11) is 0. The predicted molar refractivity (Wildman–Crippen MR) is 128 cm³/mol. The summed E-state index contributed by atoms with van der Waals surface area (Å²) >= 11 is 0. The minimum atomic E-state index is -1.63. The number of carbonyl (C=O) groups is 5. The average Bonchev–Trinajstić information content (AvgIpc) is 3.26. The van der Waals surface area contributed by atoms with Crippen LogP contribution in [0.5, 0.6) is 0 Å². The van der Waals surface area contributed by atoms with Gasteiger partial charge in [-0.05, 0) is 57.8 Å². The van der Waals surface area contributed by atoms with Crippen LogP contribution < -0.4 is 10.6 Å². The number of hydrogen-bond donors (Lipinski definition) is 3. The topological polar surface area (TPSA) is 142 Å². The Balaban J connectivity index is 2.29. The Bertz CT molecular complexity index is 794. The molecule has 3 amide bonds. The second-order valence-corrected chi connectivity index (χ2v) is 10.3. The third-order valence-corrected chi connectivity index (χ3v) is 7.33. The van der Waals surface area contributed by atoms with Crippen LogP contribution in [0, 0.1) is 17.8 Å². The number of amides is 3. The molecule has 0 spiro atoms. The summed E-state index contributed by atoms with van der Waals surface area (Å²) in [5.74, 6) is -3.37. The zero-order valence-electron chi connectivity index (χ0n) is 21.5. The summed E-state index contributed by atoms with van der Waals surface area (Å²) in [6.45, 7) is 9.25. The van der Waals surface area contributed by atoms with Crippen LogP contribution in [0.1, 0.15) is 79.6 Å². The van der Waals surface area contributed by atoms with E-state index in [4.69, 9.17) is 9.84 Å². The van der Waals surface area contributed by atoms with Crippen molar-refractivity contribution in [3.8, 4) is 0 Å². The lowest BCUT2D eigenvalue weighted by Gasteiger charge is -2.34. The van der Waals surface area contributed by atoms with Gasteiger partial charge in [0.25, 0.3) is 5.78 Å². The van der Waals surface area contributed by atoms with E-state index in [-0.39, 0.29) is 29.8 Å². The zero-order chi connectivity index (χ0) is 26.3. The Morgan fingerprint density at radius 1 is 0.971 bits per heavy atom. The van der Waals surface area contributed by atoms with Crippen LogP contribution in [-0.2, 0) is 23.9 Å². The standard InChI is InChI=1S/C25H41N3O7/c1-6-15(4)18-12-19(22(30)26-16(5)21(29)24(32)33)28(13-18)23(31)20(17-10-8-7-9-11-17)27-25(34)35-14(2)3/h14-20H,6-13H2,1-5H3,(H,26,30)(H,27,34)(H,32,33)/t15?,16?,18-,19?,20?/m1/s1. The number of alkyl carbamates (subject to hydrolysis) is 1. The average molecular weight is 496 g/mol. The highest BCUT2D eigenvalue weighted by Crippen LogP contribution is 2.34. The molecule has 198 valence electrons. The van der Waals surface area contributed by atoms with Crippen LogP contribution >= 0.6 is 0 Å². The highest BCUT2D eigenvalue weighted by molar-refractivity contribution is 6.35. The third kappa shape index (κ3) is 7.67. The van der Waals surface area contributed by atoms with Gasteiger partial charge in [0.1, 0.15) is 12.1 Å². The van der Waals surface area contributed by atoms with Crippen LogP contribution in [0.2, 0.25) is 0 Å². The maximum atomic E-state index is 13.9. The fourth-order valence-electron chi connectivity index (χ4n) is 5.07. The van der Waals surface area contributed by atoms with Crippen LogP contribution in [-0.4, -0.2) is 70.4 Å². The minimum absolute atomic E-state index is 0.0603. The molecule has 4 unspecified atom stereocenters. The SMILES string of the molecule is CCC(C)[C@@H]1CC(C(=O)NC(C)C(=O)C(=O)O)N(C(=O)C(NC(=O)OC(C)C)C2CCCCC2)C1. The van der Waals surface area contributed by atoms with Crippen molar-refractivity contribution in [3.63, 3.8) is 0 Å². The van der Waals surface area contributed by atoms with Crippen LogP contribution in [0.3, 0.4) is 0 Å². The van der Waals surface area contributed by atoms with Gasteiger partial charge in [-0.3, -0.25) is 14.4 Å². The normalized spacial score (nSPS) is 23.3. The van der Waals surface area contributed by atoms with Gasteiger partial charge >= 0.3 is 12.1 Å². The molecule has 0 aromatic rings. The van der Waals surface area contributed by atoms with Crippen LogP contribution in [0.15, 0.2) is 0 Å². The Morgan fingerprint density at radius 2 is 1.60 bits per heavy atom. The molecule has 2 fully saturated rings. The van der Waals surface area contributed by atoms with Gasteiger partial charge in [0.15, 0.2) is 0 Å². The number of carboxylic acid groups (broad SMARTS) is 1. The molecular weight excluding hydrogens is 454 g/mol. The Hall–Kier alpha value is -2.65. The lowest BCUT2D eigenvalue weighted by atomic mass is 9.83. The van der Waals surface area contributed by atoms with Crippen molar-refractivity contribution < 1.29 is 33.8 Å². The summed E-state index contributed by atoms with van der Waals surface area (Å²) in [5, 5.41) is 14.2. The van der Waals surface area contributed by atoms with Crippen molar-refractivity contribution in [1.82, 2.24) is 15.5 Å². The van der Waals surface area contributed by atoms with E-state index >= 15 is 0 Å². The van der Waals surface area contributed by atoms with Gasteiger partial charge in [-0.2, -0.15) is 0 Å². The van der Waals surface area contributed by atoms with Crippen molar-refractivity contribution in [2.24, 2.45) is 17.8 Å². The quantitative estimate of drug-likeness (QED) is 0.395. The molecule has 1 heterocycles. The first-order chi connectivity index (χ1) is 16.5. The minimum Gasteiger partial charge on any atom is -0.475 e. The summed E-state index contributed by atoms with van der Waals surface area (Å²) in [5.41, 5.74) is 0. The number of rotatable bonds is 10. The molecule has 2 aliphatic rings. The van der Waals surface area contributed by atoms with Crippen molar-refractivity contribution in [2.45, 2.75) is 104 Å². The monoisotopic (exact) mass is 495 g/mol. The van der Waals surface area contributed by atoms with Gasteiger partial charge in [0.05, 0.1) is 12.1 Å². The molecule has 0 bridgehead atoms. The van der Waals surface area contributed by atoms with Crippen molar-refractivity contribution in [3.05, 3.63) is 0 Å². The number of ketones is 1. The van der Waals surface area contributed by atoms with Gasteiger partial charge < -0.3 is 25.4 Å². The smallest absolute Gasteiger partial charge is 0.408 e. The number of carbonyl (C=O) groups excluding carboxylic acids is 4. The molecule has 10 heteroatoms. The van der Waals surface area contributed by atoms with Gasteiger partial charge in [0.2, 0.25) is 11.8 Å². The number of hydrogen-bond acceptors (Lipinski definition) is 6.